The molecular weight excluding hydrogens is 262 g/mol. The number of amides is 2. The number of anilines is 1. The van der Waals surface area contributed by atoms with E-state index >= 15 is 0 Å². The fourth-order valence-electron chi connectivity index (χ4n) is 2.00. The summed E-state index contributed by atoms with van der Waals surface area (Å²) in [7, 11) is 0. The third-order valence-corrected chi connectivity index (χ3v) is 3.02. The van der Waals surface area contributed by atoms with Crippen LogP contribution < -0.4 is 16.0 Å². The van der Waals surface area contributed by atoms with Crippen molar-refractivity contribution in [2.75, 3.05) is 18.0 Å². The number of benzene rings is 1. The lowest BCUT2D eigenvalue weighted by Crippen LogP contribution is -2.51. The second-order valence-corrected chi connectivity index (χ2v) is 4.64. The molecule has 20 heavy (non-hydrogen) atoms. The Bertz CT molecular complexity index is 525. The Morgan fingerprint density at radius 2 is 1.80 bits per heavy atom. The molecular formula is C13H15N3O4. The summed E-state index contributed by atoms with van der Waals surface area (Å²) in [6.07, 6.45) is 0.231. The number of carboxylic acids is 1. The summed E-state index contributed by atoms with van der Waals surface area (Å²) >= 11 is 0. The minimum atomic E-state index is -1.05. The number of nitrogens with one attached hydrogen (secondary N) is 1. The van der Waals surface area contributed by atoms with Gasteiger partial charge in [0.05, 0.1) is 13.1 Å². The van der Waals surface area contributed by atoms with Gasteiger partial charge in [-0.15, -0.1) is 0 Å². The lowest BCUT2D eigenvalue weighted by molar-refractivity contribution is -0.138. The molecule has 0 bridgehead atoms. The molecule has 7 heteroatoms. The molecule has 2 rings (SSSR count). The van der Waals surface area contributed by atoms with Crippen molar-refractivity contribution in [3.63, 3.8) is 0 Å². The van der Waals surface area contributed by atoms with Gasteiger partial charge in [-0.2, -0.15) is 0 Å². The highest BCUT2D eigenvalue weighted by Crippen LogP contribution is 2.17. The SMILES string of the molecule is NC(Cc1ccc(N2CC(=O)NC(=O)C2)cc1)C(=O)O. The van der Waals surface area contributed by atoms with Crippen LogP contribution in [0.1, 0.15) is 5.56 Å². The lowest BCUT2D eigenvalue weighted by Gasteiger charge is -2.27. The Morgan fingerprint density at radius 1 is 1.25 bits per heavy atom. The van der Waals surface area contributed by atoms with E-state index in [-0.39, 0.29) is 31.3 Å². The Labute approximate surface area is 115 Å². The van der Waals surface area contributed by atoms with Crippen molar-refractivity contribution in [1.29, 1.82) is 0 Å². The quantitative estimate of drug-likeness (QED) is 0.615. The number of nitrogens with zero attached hydrogens (tertiary/aromatic N) is 1. The van der Waals surface area contributed by atoms with Gasteiger partial charge in [0.1, 0.15) is 6.04 Å². The summed E-state index contributed by atoms with van der Waals surface area (Å²) in [5.74, 6) is -1.72. The molecule has 0 radical (unpaired) electrons. The molecule has 0 aliphatic carbocycles. The van der Waals surface area contributed by atoms with Crippen molar-refractivity contribution in [2.45, 2.75) is 12.5 Å². The zero-order valence-corrected chi connectivity index (χ0v) is 10.7. The molecule has 106 valence electrons. The molecule has 1 heterocycles. The maximum Gasteiger partial charge on any atom is 0.320 e. The van der Waals surface area contributed by atoms with E-state index in [0.717, 1.165) is 11.3 Å². The van der Waals surface area contributed by atoms with E-state index in [1.165, 1.54) is 0 Å². The molecule has 1 fully saturated rings. The number of aliphatic carboxylic acids is 1. The van der Waals surface area contributed by atoms with E-state index in [1.807, 2.05) is 0 Å². The number of hydrogen-bond donors (Lipinski definition) is 3. The predicted molar refractivity (Wildman–Crippen MR) is 71.1 cm³/mol. The first-order valence-corrected chi connectivity index (χ1v) is 6.10. The summed E-state index contributed by atoms with van der Waals surface area (Å²) in [5.41, 5.74) is 6.98. The van der Waals surface area contributed by atoms with Crippen LogP contribution in [0.25, 0.3) is 0 Å². The van der Waals surface area contributed by atoms with Crippen LogP contribution in [-0.2, 0) is 20.8 Å². The van der Waals surface area contributed by atoms with Gasteiger partial charge in [0.2, 0.25) is 11.8 Å². The molecule has 0 spiro atoms. The van der Waals surface area contributed by atoms with Crippen molar-refractivity contribution >= 4 is 23.5 Å². The highest BCUT2D eigenvalue weighted by molar-refractivity contribution is 6.02. The predicted octanol–water partition coefficient (Wildman–Crippen LogP) is -0.896. The van der Waals surface area contributed by atoms with Gasteiger partial charge < -0.3 is 15.7 Å². The molecule has 0 aromatic heterocycles. The van der Waals surface area contributed by atoms with Gasteiger partial charge in [0.25, 0.3) is 0 Å². The summed E-state index contributed by atoms with van der Waals surface area (Å²) in [6, 6.07) is 6.04. The van der Waals surface area contributed by atoms with Crippen molar-refractivity contribution in [1.82, 2.24) is 5.32 Å². The van der Waals surface area contributed by atoms with Crippen molar-refractivity contribution < 1.29 is 19.5 Å². The largest absolute Gasteiger partial charge is 0.480 e. The Kier molecular flexibility index (Phi) is 3.99. The van der Waals surface area contributed by atoms with E-state index < -0.39 is 12.0 Å². The molecule has 0 saturated carbocycles. The number of rotatable bonds is 4. The first kappa shape index (κ1) is 14.0. The number of carbonyl (C=O) groups is 3. The Balaban J connectivity index is 2.06. The number of imide groups is 1. The molecule has 1 unspecified atom stereocenters. The van der Waals surface area contributed by atoms with Crippen molar-refractivity contribution in [3.8, 4) is 0 Å². The fourth-order valence-corrected chi connectivity index (χ4v) is 2.00. The third-order valence-electron chi connectivity index (χ3n) is 3.02. The number of carbonyl (C=O) groups excluding carboxylic acids is 2. The first-order chi connectivity index (χ1) is 9.45. The van der Waals surface area contributed by atoms with Gasteiger partial charge in [-0.25, -0.2) is 0 Å². The summed E-state index contributed by atoms with van der Waals surface area (Å²) < 4.78 is 0. The van der Waals surface area contributed by atoms with Gasteiger partial charge in [-0.3, -0.25) is 19.7 Å². The van der Waals surface area contributed by atoms with E-state index in [9.17, 15) is 14.4 Å². The van der Waals surface area contributed by atoms with Crippen LogP contribution in [0.5, 0.6) is 0 Å². The van der Waals surface area contributed by atoms with Crippen molar-refractivity contribution in [2.24, 2.45) is 5.73 Å². The number of hydrogen-bond acceptors (Lipinski definition) is 5. The van der Waals surface area contributed by atoms with E-state index in [2.05, 4.69) is 5.32 Å². The molecule has 1 saturated heterocycles. The minimum Gasteiger partial charge on any atom is -0.480 e. The van der Waals surface area contributed by atoms with Crippen LogP contribution in [0.2, 0.25) is 0 Å². The van der Waals surface area contributed by atoms with Gasteiger partial charge >= 0.3 is 5.97 Å². The molecule has 7 nitrogen and oxygen atoms in total. The van der Waals surface area contributed by atoms with Gasteiger partial charge in [-0.05, 0) is 24.1 Å². The minimum absolute atomic E-state index is 0.125. The molecule has 1 aliphatic heterocycles. The van der Waals surface area contributed by atoms with Crippen LogP contribution >= 0.6 is 0 Å². The second-order valence-electron chi connectivity index (χ2n) is 4.64. The molecule has 4 N–H and O–H groups in total. The molecule has 1 atom stereocenters. The standard InChI is InChI=1S/C13H15N3O4/c14-10(13(19)20)5-8-1-3-9(4-2-8)16-6-11(17)15-12(18)7-16/h1-4,10H,5-7,14H2,(H,19,20)(H,15,17,18). The van der Waals surface area contributed by atoms with Gasteiger partial charge in [0, 0.05) is 5.69 Å². The summed E-state index contributed by atoms with van der Waals surface area (Å²) in [5, 5.41) is 11.0. The Morgan fingerprint density at radius 3 is 2.30 bits per heavy atom. The van der Waals surface area contributed by atoms with E-state index in [0.29, 0.717) is 0 Å². The van der Waals surface area contributed by atoms with Crippen LogP contribution in [0, 0.1) is 0 Å². The second kappa shape index (κ2) is 5.70. The number of piperazine rings is 1. The monoisotopic (exact) mass is 277 g/mol. The van der Waals surface area contributed by atoms with Crippen LogP contribution in [0.15, 0.2) is 24.3 Å². The highest BCUT2D eigenvalue weighted by Gasteiger charge is 2.22. The smallest absolute Gasteiger partial charge is 0.320 e. The molecule has 1 aromatic rings. The highest BCUT2D eigenvalue weighted by atomic mass is 16.4. The van der Waals surface area contributed by atoms with Crippen molar-refractivity contribution in [3.05, 3.63) is 29.8 Å². The molecule has 2 amide bonds. The number of carboxylic acid groups (broad SMARTS) is 1. The maximum absolute atomic E-state index is 11.3. The summed E-state index contributed by atoms with van der Waals surface area (Å²) in [4.78, 5) is 34.9. The zero-order chi connectivity index (χ0) is 14.7. The van der Waals surface area contributed by atoms with E-state index in [4.69, 9.17) is 10.8 Å². The lowest BCUT2D eigenvalue weighted by atomic mass is 10.1. The van der Waals surface area contributed by atoms with Crippen LogP contribution in [0.3, 0.4) is 0 Å². The zero-order valence-electron chi connectivity index (χ0n) is 10.7. The van der Waals surface area contributed by atoms with E-state index in [1.54, 1.807) is 29.2 Å². The van der Waals surface area contributed by atoms with Crippen LogP contribution in [-0.4, -0.2) is 42.0 Å². The fraction of sp³-hybridized carbons (Fsp3) is 0.308. The topological polar surface area (TPSA) is 113 Å². The van der Waals surface area contributed by atoms with Crippen LogP contribution in [0.4, 0.5) is 5.69 Å². The Hall–Kier alpha value is -2.41. The number of nitrogens with two attached hydrogens (primary N) is 1. The maximum atomic E-state index is 11.3. The summed E-state index contributed by atoms with van der Waals surface area (Å²) in [6.45, 7) is 0.249. The molecule has 1 aromatic carbocycles. The average molecular weight is 277 g/mol. The normalized spacial score (nSPS) is 16.8. The molecule has 1 aliphatic rings. The third kappa shape index (κ3) is 3.33. The first-order valence-electron chi connectivity index (χ1n) is 6.10. The van der Waals surface area contributed by atoms with Gasteiger partial charge in [0.15, 0.2) is 0 Å². The van der Waals surface area contributed by atoms with Gasteiger partial charge in [-0.1, -0.05) is 12.1 Å². The average Bonchev–Trinajstić information content (AvgIpc) is 2.38.